The highest BCUT2D eigenvalue weighted by Crippen LogP contribution is 2.57. The van der Waals surface area contributed by atoms with E-state index in [-0.39, 0.29) is 6.61 Å². The molecule has 2 rings (SSSR count). The molecule has 0 fully saturated rings. The average molecular weight is 320 g/mol. The summed E-state index contributed by atoms with van der Waals surface area (Å²) in [4.78, 5) is 5.87. The summed E-state index contributed by atoms with van der Waals surface area (Å²) < 4.78 is 18.8. The van der Waals surface area contributed by atoms with E-state index in [1.165, 1.54) is 0 Å². The second-order valence-corrected chi connectivity index (χ2v) is 7.54. The molecule has 1 aromatic heterocycles. The molecule has 2 aromatic rings. The van der Waals surface area contributed by atoms with E-state index in [4.69, 9.17) is 4.52 Å². The highest BCUT2D eigenvalue weighted by atomic mass is 31.2. The van der Waals surface area contributed by atoms with Crippen molar-refractivity contribution in [2.75, 3.05) is 25.6 Å². The Labute approximate surface area is 131 Å². The van der Waals surface area contributed by atoms with Crippen molar-refractivity contribution in [2.45, 2.75) is 12.8 Å². The summed E-state index contributed by atoms with van der Waals surface area (Å²) in [6.45, 7) is 2.02. The largest absolute Gasteiger partial charge is 0.378 e. The van der Waals surface area contributed by atoms with Crippen LogP contribution >= 0.6 is 7.37 Å². The molecule has 0 radical (unpaired) electrons. The van der Waals surface area contributed by atoms with E-state index in [1.54, 1.807) is 43.6 Å². The van der Waals surface area contributed by atoms with Crippen LogP contribution in [-0.4, -0.2) is 30.8 Å². The number of anilines is 1. The first-order chi connectivity index (χ1) is 10.5. The van der Waals surface area contributed by atoms with Crippen LogP contribution in [0.3, 0.4) is 0 Å². The number of aliphatic hydroxyl groups is 1. The van der Waals surface area contributed by atoms with Crippen molar-refractivity contribution in [3.05, 3.63) is 54.4 Å². The van der Waals surface area contributed by atoms with Crippen LogP contribution in [-0.2, 0) is 9.09 Å². The molecule has 0 spiro atoms. The van der Waals surface area contributed by atoms with Crippen molar-refractivity contribution >= 4 is 18.4 Å². The molecule has 0 bridgehead atoms. The molecule has 118 valence electrons. The van der Waals surface area contributed by atoms with Crippen LogP contribution in [0.2, 0.25) is 0 Å². The van der Waals surface area contributed by atoms with E-state index in [9.17, 15) is 9.67 Å². The molecule has 0 amide bonds. The maximum atomic E-state index is 13.3. The summed E-state index contributed by atoms with van der Waals surface area (Å²) in [5.41, 5.74) is 1.52. The van der Waals surface area contributed by atoms with Gasteiger partial charge >= 0.3 is 0 Å². The molecule has 0 saturated carbocycles. The predicted molar refractivity (Wildman–Crippen MR) is 88.8 cm³/mol. The number of aliphatic hydroxyl groups excluding tert-OH is 1. The predicted octanol–water partition coefficient (Wildman–Crippen LogP) is 2.78. The smallest absolute Gasteiger partial charge is 0.264 e. The Kier molecular flexibility index (Phi) is 5.35. The van der Waals surface area contributed by atoms with Crippen molar-refractivity contribution in [2.24, 2.45) is 0 Å². The molecule has 6 heteroatoms. The minimum Gasteiger partial charge on any atom is -0.378 e. The van der Waals surface area contributed by atoms with Gasteiger partial charge in [0.05, 0.1) is 6.61 Å². The Hall–Kier alpha value is -1.68. The van der Waals surface area contributed by atoms with Crippen LogP contribution < -0.4 is 10.2 Å². The Morgan fingerprint density at radius 2 is 1.77 bits per heavy atom. The van der Waals surface area contributed by atoms with Gasteiger partial charge in [0.1, 0.15) is 0 Å². The van der Waals surface area contributed by atoms with Gasteiger partial charge in [-0.1, -0.05) is 0 Å². The summed E-state index contributed by atoms with van der Waals surface area (Å²) in [5, 5.41) is 11.1. The van der Waals surface area contributed by atoms with Crippen molar-refractivity contribution in [3.63, 3.8) is 0 Å². The van der Waals surface area contributed by atoms with Gasteiger partial charge in [-0.25, -0.2) is 0 Å². The highest BCUT2D eigenvalue weighted by molar-refractivity contribution is 7.67. The summed E-state index contributed by atoms with van der Waals surface area (Å²) >= 11 is 0. The number of rotatable bonds is 6. The standard InChI is InChI=1S/C16H21N2O3P/c1-4-21-22(20,16(19)13-9-11-17-12-10-13)15-7-5-14(6-8-15)18(2)3/h5-12,16,19H,4H2,1-3H3/t16-,22-/m0/s1. The van der Waals surface area contributed by atoms with Gasteiger partial charge in [-0.3, -0.25) is 9.55 Å². The molecule has 2 atom stereocenters. The van der Waals surface area contributed by atoms with Crippen molar-refractivity contribution < 1.29 is 14.2 Å². The number of nitrogens with zero attached hydrogens (tertiary/aromatic N) is 2. The molecule has 0 aliphatic rings. The van der Waals surface area contributed by atoms with Gasteiger partial charge in [0.2, 0.25) is 0 Å². The summed E-state index contributed by atoms with van der Waals surface area (Å²) in [7, 11) is 0.442. The fourth-order valence-corrected chi connectivity index (χ4v) is 4.25. The third kappa shape index (κ3) is 3.38. The molecule has 0 aliphatic heterocycles. The lowest BCUT2D eigenvalue weighted by Crippen LogP contribution is -2.16. The molecule has 0 unspecified atom stereocenters. The summed E-state index contributed by atoms with van der Waals surface area (Å²) in [6.07, 6.45) is 3.12. The molecule has 1 heterocycles. The number of benzene rings is 1. The Morgan fingerprint density at radius 1 is 1.18 bits per heavy atom. The van der Waals surface area contributed by atoms with Gasteiger partial charge in [-0.2, -0.15) is 0 Å². The minimum absolute atomic E-state index is 0.259. The van der Waals surface area contributed by atoms with Crippen LogP contribution in [0.4, 0.5) is 5.69 Å². The summed E-state index contributed by atoms with van der Waals surface area (Å²) in [5.74, 6) is -1.21. The van der Waals surface area contributed by atoms with E-state index in [2.05, 4.69) is 4.98 Å². The molecular formula is C16H21N2O3P. The van der Waals surface area contributed by atoms with Crippen LogP contribution in [0.25, 0.3) is 0 Å². The second kappa shape index (κ2) is 7.05. The third-order valence-electron chi connectivity index (χ3n) is 3.37. The Balaban J connectivity index is 2.41. The SMILES string of the molecule is CCO[P@@](=O)(c1ccc(N(C)C)cc1)[C@H](O)c1ccncc1. The quantitative estimate of drug-likeness (QED) is 0.829. The number of hydrogen-bond donors (Lipinski definition) is 1. The number of aromatic nitrogens is 1. The fraction of sp³-hybridized carbons (Fsp3) is 0.312. The monoisotopic (exact) mass is 320 g/mol. The topological polar surface area (TPSA) is 62.7 Å². The van der Waals surface area contributed by atoms with Crippen molar-refractivity contribution in [1.29, 1.82) is 0 Å². The first kappa shape index (κ1) is 16.7. The zero-order valence-corrected chi connectivity index (χ0v) is 13.9. The third-order valence-corrected chi connectivity index (χ3v) is 5.97. The second-order valence-electron chi connectivity index (χ2n) is 5.08. The minimum atomic E-state index is -3.43. The lowest BCUT2D eigenvalue weighted by Gasteiger charge is -2.24. The first-order valence-electron chi connectivity index (χ1n) is 7.09. The fourth-order valence-electron chi connectivity index (χ4n) is 2.17. The lowest BCUT2D eigenvalue weighted by atomic mass is 10.3. The van der Waals surface area contributed by atoms with E-state index in [0.29, 0.717) is 10.9 Å². The van der Waals surface area contributed by atoms with Gasteiger partial charge in [0, 0.05) is 37.5 Å². The van der Waals surface area contributed by atoms with E-state index < -0.39 is 13.2 Å². The van der Waals surface area contributed by atoms with E-state index in [0.717, 1.165) is 5.69 Å². The molecule has 22 heavy (non-hydrogen) atoms. The molecule has 5 nitrogen and oxygen atoms in total. The first-order valence-corrected chi connectivity index (χ1v) is 8.78. The molecular weight excluding hydrogens is 299 g/mol. The molecule has 0 saturated heterocycles. The van der Waals surface area contributed by atoms with Crippen molar-refractivity contribution in [1.82, 2.24) is 4.98 Å². The van der Waals surface area contributed by atoms with Gasteiger partial charge in [-0.05, 0) is 48.9 Å². The van der Waals surface area contributed by atoms with Gasteiger partial charge in [-0.15, -0.1) is 0 Å². The Morgan fingerprint density at radius 3 is 2.27 bits per heavy atom. The maximum absolute atomic E-state index is 13.3. The normalized spacial score (nSPS) is 15.1. The number of pyridine rings is 1. The van der Waals surface area contributed by atoms with Crippen LogP contribution in [0.15, 0.2) is 48.8 Å². The Bertz CT molecular complexity index is 644. The molecule has 1 N–H and O–H groups in total. The zero-order valence-electron chi connectivity index (χ0n) is 13.0. The van der Waals surface area contributed by atoms with Crippen LogP contribution in [0.5, 0.6) is 0 Å². The van der Waals surface area contributed by atoms with Crippen LogP contribution in [0.1, 0.15) is 18.3 Å². The van der Waals surface area contributed by atoms with E-state index >= 15 is 0 Å². The van der Waals surface area contributed by atoms with Crippen LogP contribution in [0, 0.1) is 0 Å². The lowest BCUT2D eigenvalue weighted by molar-refractivity contribution is 0.218. The zero-order chi connectivity index (χ0) is 16.2. The van der Waals surface area contributed by atoms with Crippen molar-refractivity contribution in [3.8, 4) is 0 Å². The van der Waals surface area contributed by atoms with Gasteiger partial charge < -0.3 is 14.5 Å². The van der Waals surface area contributed by atoms with Gasteiger partial charge in [0.15, 0.2) is 5.85 Å². The average Bonchev–Trinajstić information content (AvgIpc) is 2.55. The highest BCUT2D eigenvalue weighted by Gasteiger charge is 2.36. The van der Waals surface area contributed by atoms with E-state index in [1.807, 2.05) is 31.1 Å². The van der Waals surface area contributed by atoms with Gasteiger partial charge in [0.25, 0.3) is 7.37 Å². The maximum Gasteiger partial charge on any atom is 0.264 e. The summed E-state index contributed by atoms with van der Waals surface area (Å²) in [6, 6.07) is 10.5. The molecule has 1 aromatic carbocycles. The number of hydrogen-bond acceptors (Lipinski definition) is 5. The molecule has 0 aliphatic carbocycles.